The van der Waals surface area contributed by atoms with Crippen LogP contribution in [0.15, 0.2) is 67.3 Å². The zero-order valence-electron chi connectivity index (χ0n) is 14.5. The largest absolute Gasteiger partial charge is 0.507 e. The number of phenolic OH excluding ortho intramolecular Hbond substituents is 1. The lowest BCUT2D eigenvalue weighted by atomic mass is 9.90. The molecule has 0 saturated heterocycles. The molecule has 2 rings (SSSR count). The summed E-state index contributed by atoms with van der Waals surface area (Å²) in [4.78, 5) is 0. The summed E-state index contributed by atoms with van der Waals surface area (Å²) >= 11 is 0. The second kappa shape index (κ2) is 9.21. The molecule has 0 spiro atoms. The SMILES string of the molecule is C=C[C@H]([C@H](O)CC/C(=C/c1ccccc1O)c1ccccc1)[C@@H](C)O. The molecule has 25 heavy (non-hydrogen) atoms. The van der Waals surface area contributed by atoms with E-state index in [1.807, 2.05) is 48.5 Å². The zero-order valence-corrected chi connectivity index (χ0v) is 14.5. The Morgan fingerprint density at radius 2 is 1.68 bits per heavy atom. The summed E-state index contributed by atoms with van der Waals surface area (Å²) in [6.07, 6.45) is 3.35. The van der Waals surface area contributed by atoms with Crippen LogP contribution in [-0.4, -0.2) is 27.5 Å². The molecule has 0 aromatic heterocycles. The zero-order chi connectivity index (χ0) is 18.2. The van der Waals surface area contributed by atoms with Gasteiger partial charge in [0.05, 0.1) is 12.2 Å². The lowest BCUT2D eigenvalue weighted by molar-refractivity contribution is 0.0429. The predicted molar refractivity (Wildman–Crippen MR) is 103 cm³/mol. The molecule has 0 radical (unpaired) electrons. The number of allylic oxidation sites excluding steroid dienone is 1. The van der Waals surface area contributed by atoms with Gasteiger partial charge in [0.15, 0.2) is 0 Å². The smallest absolute Gasteiger partial charge is 0.122 e. The van der Waals surface area contributed by atoms with Crippen LogP contribution in [0.3, 0.4) is 0 Å². The van der Waals surface area contributed by atoms with Crippen molar-refractivity contribution in [1.29, 1.82) is 0 Å². The highest BCUT2D eigenvalue weighted by Gasteiger charge is 2.21. The van der Waals surface area contributed by atoms with Gasteiger partial charge in [0, 0.05) is 11.5 Å². The maximum absolute atomic E-state index is 10.4. The highest BCUT2D eigenvalue weighted by atomic mass is 16.3. The molecule has 2 aromatic rings. The van der Waals surface area contributed by atoms with Gasteiger partial charge in [-0.15, -0.1) is 6.58 Å². The standard InChI is InChI=1S/C22H26O3/c1-3-20(16(2)23)22(25)14-13-18(17-9-5-4-6-10-17)15-19-11-7-8-12-21(19)24/h3-12,15-16,20,22-25H,1,13-14H2,2H3/b18-15-/t16-,20+,22-/m1/s1. The van der Waals surface area contributed by atoms with E-state index in [0.717, 1.165) is 16.7 Å². The average Bonchev–Trinajstić information content (AvgIpc) is 2.61. The molecule has 3 atom stereocenters. The molecular formula is C22H26O3. The minimum absolute atomic E-state index is 0.226. The van der Waals surface area contributed by atoms with Gasteiger partial charge in [0.25, 0.3) is 0 Å². The van der Waals surface area contributed by atoms with E-state index in [2.05, 4.69) is 6.58 Å². The third-order valence-corrected chi connectivity index (χ3v) is 4.39. The molecule has 0 fully saturated rings. The number of aliphatic hydroxyl groups is 2. The normalized spacial score (nSPS) is 15.4. The number of aliphatic hydroxyl groups excluding tert-OH is 2. The van der Waals surface area contributed by atoms with E-state index in [-0.39, 0.29) is 11.7 Å². The van der Waals surface area contributed by atoms with E-state index in [0.29, 0.717) is 12.8 Å². The first-order valence-electron chi connectivity index (χ1n) is 8.55. The van der Waals surface area contributed by atoms with E-state index >= 15 is 0 Å². The Labute approximate surface area is 149 Å². The molecule has 0 unspecified atom stereocenters. The van der Waals surface area contributed by atoms with E-state index in [1.54, 1.807) is 25.1 Å². The number of para-hydroxylation sites is 1. The molecular weight excluding hydrogens is 312 g/mol. The van der Waals surface area contributed by atoms with Crippen LogP contribution in [0.25, 0.3) is 11.6 Å². The Morgan fingerprint density at radius 1 is 1.04 bits per heavy atom. The maximum atomic E-state index is 10.4. The van der Waals surface area contributed by atoms with E-state index in [4.69, 9.17) is 0 Å². The fourth-order valence-electron chi connectivity index (χ4n) is 2.92. The Balaban J connectivity index is 2.25. The van der Waals surface area contributed by atoms with Crippen LogP contribution < -0.4 is 0 Å². The summed E-state index contributed by atoms with van der Waals surface area (Å²) < 4.78 is 0. The third kappa shape index (κ3) is 5.31. The summed E-state index contributed by atoms with van der Waals surface area (Å²) in [6, 6.07) is 17.1. The number of benzene rings is 2. The molecule has 0 aliphatic rings. The number of phenols is 1. The first-order chi connectivity index (χ1) is 12.0. The summed E-state index contributed by atoms with van der Waals surface area (Å²) in [7, 11) is 0. The monoisotopic (exact) mass is 338 g/mol. The molecule has 0 saturated carbocycles. The van der Waals surface area contributed by atoms with Crippen molar-refractivity contribution in [2.45, 2.75) is 32.0 Å². The van der Waals surface area contributed by atoms with Crippen LogP contribution in [0.5, 0.6) is 5.75 Å². The van der Waals surface area contributed by atoms with Gasteiger partial charge in [0.2, 0.25) is 0 Å². The molecule has 3 nitrogen and oxygen atoms in total. The molecule has 0 heterocycles. The van der Waals surface area contributed by atoms with Crippen molar-refractivity contribution in [1.82, 2.24) is 0 Å². The minimum Gasteiger partial charge on any atom is -0.507 e. The van der Waals surface area contributed by atoms with Gasteiger partial charge in [0.1, 0.15) is 5.75 Å². The summed E-state index contributed by atoms with van der Waals surface area (Å²) in [5, 5.41) is 30.2. The molecule has 0 aliphatic heterocycles. The van der Waals surface area contributed by atoms with Crippen molar-refractivity contribution in [3.8, 4) is 5.75 Å². The molecule has 0 amide bonds. The van der Waals surface area contributed by atoms with Crippen LogP contribution in [0.1, 0.15) is 30.9 Å². The second-order valence-electron chi connectivity index (χ2n) is 6.25. The number of rotatable bonds is 8. The molecule has 2 aromatic carbocycles. The van der Waals surface area contributed by atoms with Gasteiger partial charge in [-0.3, -0.25) is 0 Å². The Morgan fingerprint density at radius 3 is 2.28 bits per heavy atom. The summed E-state index contributed by atoms with van der Waals surface area (Å²) in [6.45, 7) is 5.36. The van der Waals surface area contributed by atoms with Gasteiger partial charge in [-0.05, 0) is 43.0 Å². The Bertz CT molecular complexity index is 704. The highest BCUT2D eigenvalue weighted by molar-refractivity contribution is 5.82. The molecule has 132 valence electrons. The first kappa shape index (κ1) is 19.0. The van der Waals surface area contributed by atoms with Crippen LogP contribution in [0, 0.1) is 5.92 Å². The van der Waals surface area contributed by atoms with Crippen molar-refractivity contribution >= 4 is 11.6 Å². The highest BCUT2D eigenvalue weighted by Crippen LogP contribution is 2.28. The Kier molecular flexibility index (Phi) is 6.99. The molecule has 3 N–H and O–H groups in total. The van der Waals surface area contributed by atoms with E-state index in [9.17, 15) is 15.3 Å². The van der Waals surface area contributed by atoms with Crippen LogP contribution in [0.4, 0.5) is 0 Å². The topological polar surface area (TPSA) is 60.7 Å². The van der Waals surface area contributed by atoms with Crippen molar-refractivity contribution in [3.63, 3.8) is 0 Å². The van der Waals surface area contributed by atoms with Crippen LogP contribution >= 0.6 is 0 Å². The van der Waals surface area contributed by atoms with Gasteiger partial charge in [-0.25, -0.2) is 0 Å². The quantitative estimate of drug-likeness (QED) is 0.498. The van der Waals surface area contributed by atoms with Crippen LogP contribution in [-0.2, 0) is 0 Å². The number of hydrogen-bond donors (Lipinski definition) is 3. The van der Waals surface area contributed by atoms with Crippen LogP contribution in [0.2, 0.25) is 0 Å². The fraction of sp³-hybridized carbons (Fsp3) is 0.273. The molecule has 0 aliphatic carbocycles. The molecule has 3 heteroatoms. The van der Waals surface area contributed by atoms with Gasteiger partial charge in [-0.1, -0.05) is 54.6 Å². The lowest BCUT2D eigenvalue weighted by Crippen LogP contribution is -2.28. The maximum Gasteiger partial charge on any atom is 0.122 e. The van der Waals surface area contributed by atoms with Crippen molar-refractivity contribution < 1.29 is 15.3 Å². The predicted octanol–water partition coefficient (Wildman–Crippen LogP) is 4.26. The fourth-order valence-corrected chi connectivity index (χ4v) is 2.92. The number of hydrogen-bond acceptors (Lipinski definition) is 3. The Hall–Kier alpha value is -2.36. The summed E-state index contributed by atoms with van der Waals surface area (Å²) in [5.41, 5.74) is 2.81. The van der Waals surface area contributed by atoms with Gasteiger partial charge in [-0.2, -0.15) is 0 Å². The van der Waals surface area contributed by atoms with E-state index in [1.165, 1.54) is 0 Å². The van der Waals surface area contributed by atoms with Crippen molar-refractivity contribution in [2.24, 2.45) is 5.92 Å². The molecule has 0 bridgehead atoms. The van der Waals surface area contributed by atoms with E-state index < -0.39 is 12.2 Å². The minimum atomic E-state index is -0.672. The van der Waals surface area contributed by atoms with Gasteiger partial charge >= 0.3 is 0 Å². The average molecular weight is 338 g/mol. The summed E-state index contributed by atoms with van der Waals surface area (Å²) in [5.74, 6) is -0.133. The van der Waals surface area contributed by atoms with Gasteiger partial charge < -0.3 is 15.3 Å². The second-order valence-corrected chi connectivity index (χ2v) is 6.25. The van der Waals surface area contributed by atoms with Crippen molar-refractivity contribution in [2.75, 3.05) is 0 Å². The number of aromatic hydroxyl groups is 1. The lowest BCUT2D eigenvalue weighted by Gasteiger charge is -2.22. The first-order valence-corrected chi connectivity index (χ1v) is 8.55. The third-order valence-electron chi connectivity index (χ3n) is 4.39. The van der Waals surface area contributed by atoms with Crippen molar-refractivity contribution in [3.05, 3.63) is 78.4 Å².